The number of aliphatic hydroxyl groups is 1. The molecule has 0 spiro atoms. The Morgan fingerprint density at radius 2 is 2.33 bits per heavy atom. The van der Waals surface area contributed by atoms with Crippen molar-refractivity contribution in [3.8, 4) is 0 Å². The zero-order valence-electron chi connectivity index (χ0n) is 11.5. The van der Waals surface area contributed by atoms with Crippen molar-refractivity contribution >= 4 is 5.91 Å². The molecule has 0 aromatic rings. The summed E-state index contributed by atoms with van der Waals surface area (Å²) in [4.78, 5) is 11.7. The maximum absolute atomic E-state index is 11.7. The fraction of sp³-hybridized carbons (Fsp3) is 0.786. The molecule has 1 aliphatic carbocycles. The topological polar surface area (TPSA) is 58.6 Å². The number of allylic oxidation sites excluding steroid dienone is 1. The lowest BCUT2D eigenvalue weighted by Crippen LogP contribution is -2.41. The molecule has 4 heteroatoms. The van der Waals surface area contributed by atoms with Crippen molar-refractivity contribution in [2.45, 2.75) is 51.0 Å². The second-order valence-electron chi connectivity index (χ2n) is 5.30. The van der Waals surface area contributed by atoms with E-state index in [-0.39, 0.29) is 12.5 Å². The number of hydrogen-bond donors (Lipinski definition) is 2. The van der Waals surface area contributed by atoms with E-state index in [1.165, 1.54) is 18.4 Å². The van der Waals surface area contributed by atoms with Crippen molar-refractivity contribution in [1.82, 2.24) is 5.32 Å². The van der Waals surface area contributed by atoms with Gasteiger partial charge in [-0.1, -0.05) is 11.6 Å². The third-order valence-corrected chi connectivity index (χ3v) is 3.28. The van der Waals surface area contributed by atoms with Gasteiger partial charge in [0.1, 0.15) is 0 Å². The first-order valence-corrected chi connectivity index (χ1v) is 6.69. The highest BCUT2D eigenvalue weighted by Crippen LogP contribution is 2.19. The van der Waals surface area contributed by atoms with Gasteiger partial charge in [0.25, 0.3) is 0 Å². The van der Waals surface area contributed by atoms with Crippen LogP contribution in [0.4, 0.5) is 0 Å². The van der Waals surface area contributed by atoms with E-state index in [9.17, 15) is 9.90 Å². The molecule has 1 aliphatic rings. The molecule has 0 saturated carbocycles. The fourth-order valence-corrected chi connectivity index (χ4v) is 2.03. The summed E-state index contributed by atoms with van der Waals surface area (Å²) in [6.07, 6.45) is 7.71. The molecule has 4 nitrogen and oxygen atoms in total. The Bertz CT molecular complexity index is 297. The van der Waals surface area contributed by atoms with Gasteiger partial charge in [0.05, 0.1) is 5.60 Å². The van der Waals surface area contributed by atoms with E-state index in [1.807, 2.05) is 0 Å². The summed E-state index contributed by atoms with van der Waals surface area (Å²) in [7, 11) is 1.60. The number of hydrogen-bond acceptors (Lipinski definition) is 3. The lowest BCUT2D eigenvalue weighted by atomic mass is 9.97. The average Bonchev–Trinajstić information content (AvgIpc) is 2.36. The first kappa shape index (κ1) is 15.2. The van der Waals surface area contributed by atoms with Crippen molar-refractivity contribution in [3.63, 3.8) is 0 Å². The van der Waals surface area contributed by atoms with E-state index < -0.39 is 5.60 Å². The van der Waals surface area contributed by atoms with E-state index in [4.69, 9.17) is 4.74 Å². The molecular weight excluding hydrogens is 230 g/mol. The molecule has 0 aliphatic heterocycles. The van der Waals surface area contributed by atoms with Crippen molar-refractivity contribution in [3.05, 3.63) is 11.6 Å². The molecule has 18 heavy (non-hydrogen) atoms. The third kappa shape index (κ3) is 6.17. The minimum atomic E-state index is -0.896. The maximum atomic E-state index is 11.7. The molecule has 1 amide bonds. The Balaban J connectivity index is 2.25. The van der Waals surface area contributed by atoms with Crippen LogP contribution in [0.2, 0.25) is 0 Å². The van der Waals surface area contributed by atoms with Gasteiger partial charge in [-0.2, -0.15) is 0 Å². The minimum absolute atomic E-state index is 0.000779. The largest absolute Gasteiger partial charge is 0.388 e. The highest BCUT2D eigenvalue weighted by Gasteiger charge is 2.21. The second kappa shape index (κ2) is 7.54. The summed E-state index contributed by atoms with van der Waals surface area (Å²) in [6.45, 7) is 2.49. The molecule has 104 valence electrons. The van der Waals surface area contributed by atoms with Crippen LogP contribution in [-0.2, 0) is 9.53 Å². The van der Waals surface area contributed by atoms with Gasteiger partial charge in [0.15, 0.2) is 0 Å². The number of carbonyl (C=O) groups is 1. The normalized spacial score (nSPS) is 18.9. The minimum Gasteiger partial charge on any atom is -0.388 e. The fourth-order valence-electron chi connectivity index (χ4n) is 2.03. The van der Waals surface area contributed by atoms with Crippen LogP contribution >= 0.6 is 0 Å². The summed E-state index contributed by atoms with van der Waals surface area (Å²) >= 11 is 0. The molecule has 0 radical (unpaired) electrons. The molecule has 1 rings (SSSR count). The maximum Gasteiger partial charge on any atom is 0.224 e. The van der Waals surface area contributed by atoms with Crippen molar-refractivity contribution in [2.75, 3.05) is 20.3 Å². The number of amides is 1. The molecule has 0 fully saturated rings. The van der Waals surface area contributed by atoms with Gasteiger partial charge >= 0.3 is 0 Å². The van der Waals surface area contributed by atoms with Crippen molar-refractivity contribution in [1.29, 1.82) is 0 Å². The van der Waals surface area contributed by atoms with Crippen LogP contribution in [0.25, 0.3) is 0 Å². The van der Waals surface area contributed by atoms with Crippen LogP contribution in [0.3, 0.4) is 0 Å². The Kier molecular flexibility index (Phi) is 6.36. The van der Waals surface area contributed by atoms with Crippen LogP contribution in [0.1, 0.15) is 45.4 Å². The lowest BCUT2D eigenvalue weighted by molar-refractivity contribution is -0.121. The molecule has 0 heterocycles. The Labute approximate surface area is 109 Å². The van der Waals surface area contributed by atoms with Gasteiger partial charge in [-0.3, -0.25) is 4.79 Å². The third-order valence-electron chi connectivity index (χ3n) is 3.28. The number of methoxy groups -OCH3 is 1. The molecule has 2 N–H and O–H groups in total. The van der Waals surface area contributed by atoms with E-state index in [0.717, 1.165) is 12.8 Å². The van der Waals surface area contributed by atoms with Gasteiger partial charge in [0, 0.05) is 33.1 Å². The molecule has 0 bridgehead atoms. The Morgan fingerprint density at radius 1 is 1.56 bits per heavy atom. The quantitative estimate of drug-likeness (QED) is 0.682. The predicted molar refractivity (Wildman–Crippen MR) is 71.3 cm³/mol. The van der Waals surface area contributed by atoms with Gasteiger partial charge < -0.3 is 15.2 Å². The van der Waals surface area contributed by atoms with E-state index in [1.54, 1.807) is 14.0 Å². The van der Waals surface area contributed by atoms with E-state index >= 15 is 0 Å². The summed E-state index contributed by atoms with van der Waals surface area (Å²) in [6, 6.07) is 0. The van der Waals surface area contributed by atoms with E-state index in [2.05, 4.69) is 11.4 Å². The monoisotopic (exact) mass is 255 g/mol. The summed E-state index contributed by atoms with van der Waals surface area (Å²) < 4.78 is 4.92. The van der Waals surface area contributed by atoms with Gasteiger partial charge in [0.2, 0.25) is 5.91 Å². The first-order valence-electron chi connectivity index (χ1n) is 6.69. The molecule has 0 saturated heterocycles. The molecule has 1 atom stereocenters. The summed E-state index contributed by atoms with van der Waals surface area (Å²) in [5.74, 6) is 0.000779. The second-order valence-corrected chi connectivity index (χ2v) is 5.30. The summed E-state index contributed by atoms with van der Waals surface area (Å²) in [5, 5.41) is 12.8. The SMILES string of the molecule is COCCC(C)(O)CNC(=O)CC1=CCCCC1. The van der Waals surface area contributed by atoms with Crippen LogP contribution in [0, 0.1) is 0 Å². The zero-order chi connectivity index (χ0) is 13.4. The number of carbonyl (C=O) groups excluding carboxylic acids is 1. The van der Waals surface area contributed by atoms with Crippen molar-refractivity contribution < 1.29 is 14.6 Å². The van der Waals surface area contributed by atoms with Crippen molar-refractivity contribution in [2.24, 2.45) is 0 Å². The summed E-state index contributed by atoms with van der Waals surface area (Å²) in [5.41, 5.74) is 0.336. The smallest absolute Gasteiger partial charge is 0.224 e. The number of rotatable bonds is 7. The molecule has 0 aromatic heterocycles. The Morgan fingerprint density at radius 3 is 2.94 bits per heavy atom. The average molecular weight is 255 g/mol. The van der Waals surface area contributed by atoms with Crippen LogP contribution in [0.5, 0.6) is 0 Å². The number of nitrogens with one attached hydrogen (secondary N) is 1. The first-order chi connectivity index (χ1) is 8.53. The highest BCUT2D eigenvalue weighted by molar-refractivity contribution is 5.78. The highest BCUT2D eigenvalue weighted by atomic mass is 16.5. The molecule has 0 aromatic carbocycles. The standard InChI is InChI=1S/C14H25NO3/c1-14(17,8-9-18-2)11-15-13(16)10-12-6-4-3-5-7-12/h6,17H,3-5,7-11H2,1-2H3,(H,15,16). The zero-order valence-corrected chi connectivity index (χ0v) is 11.5. The van der Waals surface area contributed by atoms with Gasteiger partial charge in [-0.15, -0.1) is 0 Å². The predicted octanol–water partition coefficient (Wildman–Crippen LogP) is 1.78. The van der Waals surface area contributed by atoms with Gasteiger partial charge in [-0.25, -0.2) is 0 Å². The van der Waals surface area contributed by atoms with Crippen LogP contribution in [0.15, 0.2) is 11.6 Å². The molecule has 1 unspecified atom stereocenters. The Hall–Kier alpha value is -0.870. The van der Waals surface area contributed by atoms with Crippen LogP contribution in [-0.4, -0.2) is 36.9 Å². The lowest BCUT2D eigenvalue weighted by Gasteiger charge is -2.23. The number of ether oxygens (including phenoxy) is 1. The van der Waals surface area contributed by atoms with E-state index in [0.29, 0.717) is 19.4 Å². The molecular formula is C14H25NO3. The van der Waals surface area contributed by atoms with Gasteiger partial charge in [-0.05, 0) is 32.6 Å². The van der Waals surface area contributed by atoms with Crippen LogP contribution < -0.4 is 5.32 Å².